The Kier molecular flexibility index (Phi) is 5.07. The van der Waals surface area contributed by atoms with E-state index >= 15 is 0 Å². The summed E-state index contributed by atoms with van der Waals surface area (Å²) in [5.74, 6) is 0.232. The number of nitrogens with one attached hydrogen (secondary N) is 1. The Labute approximate surface area is 168 Å². The van der Waals surface area contributed by atoms with Crippen LogP contribution in [0.5, 0.6) is 0 Å². The van der Waals surface area contributed by atoms with Gasteiger partial charge in [-0.2, -0.15) is 10.2 Å². The van der Waals surface area contributed by atoms with Crippen LogP contribution < -0.4 is 5.43 Å². The Morgan fingerprint density at radius 2 is 1.83 bits per heavy atom. The van der Waals surface area contributed by atoms with Crippen molar-refractivity contribution >= 4 is 12.1 Å². The molecule has 0 atom stereocenters. The third-order valence-electron chi connectivity index (χ3n) is 4.63. The minimum atomic E-state index is -0.319. The normalized spacial score (nSPS) is 11.1. The summed E-state index contributed by atoms with van der Waals surface area (Å²) in [6.45, 7) is 3.78. The van der Waals surface area contributed by atoms with E-state index in [1.54, 1.807) is 19.2 Å². The summed E-state index contributed by atoms with van der Waals surface area (Å²) >= 11 is 0. The van der Waals surface area contributed by atoms with Crippen LogP contribution in [0.3, 0.4) is 0 Å². The zero-order chi connectivity index (χ0) is 20.2. The number of carbonyl (C=O) groups is 1. The largest absolute Gasteiger partial charge is 0.469 e. The van der Waals surface area contributed by atoms with Crippen molar-refractivity contribution in [1.82, 2.24) is 15.2 Å². The molecule has 0 spiro atoms. The fourth-order valence-corrected chi connectivity index (χ4v) is 3.09. The van der Waals surface area contributed by atoms with Crippen molar-refractivity contribution in [2.45, 2.75) is 13.8 Å². The average Bonchev–Trinajstić information content (AvgIpc) is 3.35. The molecule has 0 bridgehead atoms. The number of hydrogen-bond acceptors (Lipinski definition) is 4. The van der Waals surface area contributed by atoms with Crippen LogP contribution in [0.15, 0.2) is 82.6 Å². The number of hydrogen-bond donors (Lipinski definition) is 1. The number of hydrazone groups is 1. The van der Waals surface area contributed by atoms with Crippen LogP contribution in [0, 0.1) is 13.8 Å². The van der Waals surface area contributed by atoms with Gasteiger partial charge in [-0.15, -0.1) is 0 Å². The molecule has 6 nitrogen and oxygen atoms in total. The van der Waals surface area contributed by atoms with Crippen LogP contribution in [0.1, 0.15) is 27.2 Å². The molecule has 0 saturated heterocycles. The van der Waals surface area contributed by atoms with Crippen LogP contribution in [-0.2, 0) is 0 Å². The molecule has 29 heavy (non-hydrogen) atoms. The van der Waals surface area contributed by atoms with E-state index in [-0.39, 0.29) is 5.91 Å². The van der Waals surface area contributed by atoms with Gasteiger partial charge in [-0.25, -0.2) is 10.1 Å². The first kappa shape index (κ1) is 18.4. The first-order valence-electron chi connectivity index (χ1n) is 9.22. The Bertz CT molecular complexity index is 1170. The highest BCUT2D eigenvalue weighted by Gasteiger charge is 2.13. The summed E-state index contributed by atoms with van der Waals surface area (Å²) in [5.41, 5.74) is 7.66. The van der Waals surface area contributed by atoms with E-state index in [1.807, 2.05) is 72.4 Å². The zero-order valence-electron chi connectivity index (χ0n) is 16.2. The zero-order valence-corrected chi connectivity index (χ0v) is 16.2. The molecular weight excluding hydrogens is 364 g/mol. The molecule has 0 aliphatic heterocycles. The molecule has 0 radical (unpaired) electrons. The van der Waals surface area contributed by atoms with Gasteiger partial charge in [0.05, 0.1) is 23.7 Å². The molecule has 6 heteroatoms. The van der Waals surface area contributed by atoms with Crippen molar-refractivity contribution in [3.63, 3.8) is 0 Å². The molecule has 4 rings (SSSR count). The second-order valence-electron chi connectivity index (χ2n) is 6.62. The van der Waals surface area contributed by atoms with E-state index in [9.17, 15) is 4.79 Å². The van der Waals surface area contributed by atoms with Crippen LogP contribution in [-0.4, -0.2) is 21.9 Å². The summed E-state index contributed by atoms with van der Waals surface area (Å²) in [6.07, 6.45) is 4.99. The molecule has 4 aromatic rings. The first-order chi connectivity index (χ1) is 14.1. The molecule has 2 aromatic carbocycles. The molecule has 0 aliphatic rings. The third kappa shape index (κ3) is 3.87. The molecule has 0 aliphatic carbocycles. The van der Waals surface area contributed by atoms with Crippen molar-refractivity contribution in [3.05, 3.63) is 95.6 Å². The maximum Gasteiger partial charge on any atom is 0.274 e. The van der Waals surface area contributed by atoms with Gasteiger partial charge in [0.2, 0.25) is 0 Å². The maximum absolute atomic E-state index is 12.2. The van der Waals surface area contributed by atoms with Gasteiger partial charge in [0.25, 0.3) is 5.91 Å². The topological polar surface area (TPSA) is 72.4 Å². The SMILES string of the molecule is Cc1ccccc1-n1cc(/C=N\NC(=O)c2ccoc2C)c(-c2ccccc2)n1. The molecule has 144 valence electrons. The smallest absolute Gasteiger partial charge is 0.274 e. The predicted octanol–water partition coefficient (Wildman–Crippen LogP) is 4.51. The Morgan fingerprint density at radius 1 is 1.07 bits per heavy atom. The molecule has 0 fully saturated rings. The van der Waals surface area contributed by atoms with Gasteiger partial charge in [0, 0.05) is 17.3 Å². The number of rotatable bonds is 5. The van der Waals surface area contributed by atoms with Crippen molar-refractivity contribution in [1.29, 1.82) is 0 Å². The van der Waals surface area contributed by atoms with Crippen LogP contribution in [0.25, 0.3) is 16.9 Å². The summed E-state index contributed by atoms with van der Waals surface area (Å²) in [4.78, 5) is 12.2. The summed E-state index contributed by atoms with van der Waals surface area (Å²) in [5, 5.41) is 8.91. The van der Waals surface area contributed by atoms with Gasteiger partial charge in [-0.1, -0.05) is 48.5 Å². The molecule has 0 saturated carbocycles. The van der Waals surface area contributed by atoms with Crippen molar-refractivity contribution in [3.8, 4) is 16.9 Å². The lowest BCUT2D eigenvalue weighted by molar-refractivity contribution is 0.0953. The molecule has 2 heterocycles. The summed E-state index contributed by atoms with van der Waals surface area (Å²) < 4.78 is 7.00. The number of para-hydroxylation sites is 1. The second kappa shape index (κ2) is 7.98. The lowest BCUT2D eigenvalue weighted by Gasteiger charge is -2.04. The van der Waals surface area contributed by atoms with Gasteiger partial charge in [0.1, 0.15) is 11.5 Å². The number of aromatic nitrogens is 2. The number of carbonyl (C=O) groups excluding carboxylic acids is 1. The minimum Gasteiger partial charge on any atom is -0.469 e. The maximum atomic E-state index is 12.2. The van der Waals surface area contributed by atoms with Crippen LogP contribution in [0.2, 0.25) is 0 Å². The fraction of sp³-hybridized carbons (Fsp3) is 0.0870. The van der Waals surface area contributed by atoms with Crippen LogP contribution in [0.4, 0.5) is 0 Å². The van der Waals surface area contributed by atoms with E-state index < -0.39 is 0 Å². The summed E-state index contributed by atoms with van der Waals surface area (Å²) in [7, 11) is 0. The highest BCUT2D eigenvalue weighted by Crippen LogP contribution is 2.23. The summed E-state index contributed by atoms with van der Waals surface area (Å²) in [6, 6.07) is 19.5. The van der Waals surface area contributed by atoms with Crippen molar-refractivity contribution in [2.24, 2.45) is 5.10 Å². The Morgan fingerprint density at radius 3 is 2.55 bits per heavy atom. The number of amides is 1. The quantitative estimate of drug-likeness (QED) is 0.406. The van der Waals surface area contributed by atoms with Gasteiger partial charge < -0.3 is 4.42 Å². The van der Waals surface area contributed by atoms with E-state index in [1.165, 1.54) is 6.26 Å². The van der Waals surface area contributed by atoms with Gasteiger partial charge in [-0.3, -0.25) is 4.79 Å². The van der Waals surface area contributed by atoms with Crippen molar-refractivity contribution < 1.29 is 9.21 Å². The second-order valence-corrected chi connectivity index (χ2v) is 6.62. The predicted molar refractivity (Wildman–Crippen MR) is 112 cm³/mol. The minimum absolute atomic E-state index is 0.319. The first-order valence-corrected chi connectivity index (χ1v) is 9.22. The fourth-order valence-electron chi connectivity index (χ4n) is 3.09. The van der Waals surface area contributed by atoms with Gasteiger partial charge in [0.15, 0.2) is 0 Å². The Hall–Kier alpha value is -3.93. The number of furan rings is 1. The average molecular weight is 384 g/mol. The van der Waals surface area contributed by atoms with E-state index in [0.29, 0.717) is 11.3 Å². The van der Waals surface area contributed by atoms with Gasteiger partial charge >= 0.3 is 0 Å². The van der Waals surface area contributed by atoms with E-state index in [0.717, 1.165) is 28.1 Å². The monoisotopic (exact) mass is 384 g/mol. The van der Waals surface area contributed by atoms with Gasteiger partial charge in [-0.05, 0) is 31.5 Å². The highest BCUT2D eigenvalue weighted by atomic mass is 16.3. The number of nitrogens with zero attached hydrogens (tertiary/aromatic N) is 3. The van der Waals surface area contributed by atoms with E-state index in [4.69, 9.17) is 9.52 Å². The molecule has 1 amide bonds. The third-order valence-corrected chi connectivity index (χ3v) is 4.63. The van der Waals surface area contributed by atoms with E-state index in [2.05, 4.69) is 10.5 Å². The molecule has 0 unspecified atom stereocenters. The highest BCUT2D eigenvalue weighted by molar-refractivity contribution is 5.96. The number of benzene rings is 2. The molecular formula is C23H20N4O2. The van der Waals surface area contributed by atoms with Crippen molar-refractivity contribution in [2.75, 3.05) is 0 Å². The lowest BCUT2D eigenvalue weighted by atomic mass is 10.1. The number of aryl methyl sites for hydroxylation is 2. The lowest BCUT2D eigenvalue weighted by Crippen LogP contribution is -2.17. The Balaban J connectivity index is 1.67. The molecule has 1 N–H and O–H groups in total. The molecule has 2 aromatic heterocycles. The van der Waals surface area contributed by atoms with Crippen LogP contribution >= 0.6 is 0 Å². The standard InChI is InChI=1S/C23H20N4O2/c1-16-8-6-7-11-21(16)27-15-19(22(26-27)18-9-4-3-5-10-18)14-24-25-23(28)20-12-13-29-17(20)2/h3-15H,1-2H3,(H,25,28)/b24-14-.